The minimum Gasteiger partial charge on any atom is -0.507 e. The van der Waals surface area contributed by atoms with Crippen LogP contribution in [0.2, 0.25) is 0 Å². The summed E-state index contributed by atoms with van der Waals surface area (Å²) < 4.78 is 1.59. The molecule has 0 aliphatic heterocycles. The van der Waals surface area contributed by atoms with Crippen molar-refractivity contribution in [2.45, 2.75) is 33.2 Å². The smallest absolute Gasteiger partial charge is 0.269 e. The molecule has 0 fully saturated rings. The van der Waals surface area contributed by atoms with E-state index in [0.29, 0.717) is 11.3 Å². The average molecular weight is 302 g/mol. The molecule has 0 atom stereocenters. The van der Waals surface area contributed by atoms with Crippen LogP contribution < -0.4 is 5.56 Å². The number of hydrogen-bond acceptors (Lipinski definition) is 4. The zero-order valence-electron chi connectivity index (χ0n) is 13.0. The van der Waals surface area contributed by atoms with E-state index in [1.807, 2.05) is 20.8 Å². The van der Waals surface area contributed by atoms with Gasteiger partial charge in [0.2, 0.25) is 0 Å². The number of rotatable bonds is 2. The number of nitro groups is 1. The topological polar surface area (TPSA) is 85.4 Å². The third kappa shape index (κ3) is 2.72. The van der Waals surface area contributed by atoms with Crippen LogP contribution in [0.4, 0.5) is 5.69 Å². The van der Waals surface area contributed by atoms with Gasteiger partial charge in [-0.15, -0.1) is 0 Å². The van der Waals surface area contributed by atoms with Crippen molar-refractivity contribution >= 4 is 5.69 Å². The molecule has 0 bridgehead atoms. The summed E-state index contributed by atoms with van der Waals surface area (Å²) in [4.78, 5) is 22.8. The van der Waals surface area contributed by atoms with Crippen molar-refractivity contribution in [2.75, 3.05) is 0 Å². The second-order valence-electron chi connectivity index (χ2n) is 6.16. The van der Waals surface area contributed by atoms with Gasteiger partial charge in [0.1, 0.15) is 5.75 Å². The Morgan fingerprint density at radius 2 is 1.73 bits per heavy atom. The van der Waals surface area contributed by atoms with Crippen molar-refractivity contribution in [3.8, 4) is 17.0 Å². The van der Waals surface area contributed by atoms with E-state index in [1.54, 1.807) is 23.6 Å². The molecule has 1 N–H and O–H groups in total. The van der Waals surface area contributed by atoms with Gasteiger partial charge in [0.25, 0.3) is 11.2 Å². The molecule has 0 unspecified atom stereocenters. The second kappa shape index (κ2) is 5.29. The summed E-state index contributed by atoms with van der Waals surface area (Å²) in [5.74, 6) is -0.0844. The first-order valence-electron chi connectivity index (χ1n) is 6.84. The summed E-state index contributed by atoms with van der Waals surface area (Å²) >= 11 is 0. The van der Waals surface area contributed by atoms with E-state index in [-0.39, 0.29) is 22.6 Å². The molecule has 2 aromatic rings. The number of aromatic hydroxyl groups is 1. The highest BCUT2D eigenvalue weighted by molar-refractivity contribution is 5.64. The van der Waals surface area contributed by atoms with Crippen LogP contribution in [0.3, 0.4) is 0 Å². The number of nitrogens with zero attached hydrogens (tertiary/aromatic N) is 2. The third-order valence-corrected chi connectivity index (χ3v) is 3.47. The van der Waals surface area contributed by atoms with E-state index < -0.39 is 10.5 Å². The summed E-state index contributed by atoms with van der Waals surface area (Å²) in [7, 11) is 0. The van der Waals surface area contributed by atoms with Crippen LogP contribution in [0.15, 0.2) is 35.1 Å². The Labute approximate surface area is 127 Å². The van der Waals surface area contributed by atoms with Crippen LogP contribution in [0.25, 0.3) is 11.3 Å². The molecular formula is C16H18N2O4. The maximum atomic E-state index is 12.5. The van der Waals surface area contributed by atoms with Gasteiger partial charge >= 0.3 is 0 Å². The normalized spacial score (nSPS) is 11.5. The van der Waals surface area contributed by atoms with Crippen LogP contribution in [0, 0.1) is 17.0 Å². The Balaban J connectivity index is 2.74. The molecule has 0 saturated carbocycles. The molecular weight excluding hydrogens is 284 g/mol. The first-order valence-corrected chi connectivity index (χ1v) is 6.84. The van der Waals surface area contributed by atoms with Crippen molar-refractivity contribution in [3.05, 3.63) is 56.4 Å². The minimum absolute atomic E-state index is 0.0234. The van der Waals surface area contributed by atoms with Gasteiger partial charge in [0, 0.05) is 23.7 Å². The molecule has 22 heavy (non-hydrogen) atoms. The van der Waals surface area contributed by atoms with Crippen molar-refractivity contribution in [3.63, 3.8) is 0 Å². The monoisotopic (exact) mass is 302 g/mol. The van der Waals surface area contributed by atoms with Crippen LogP contribution in [-0.4, -0.2) is 14.6 Å². The Bertz CT molecular complexity index is 784. The van der Waals surface area contributed by atoms with Gasteiger partial charge in [-0.25, -0.2) is 0 Å². The largest absolute Gasteiger partial charge is 0.507 e. The Morgan fingerprint density at radius 3 is 2.18 bits per heavy atom. The van der Waals surface area contributed by atoms with Crippen molar-refractivity contribution in [2.24, 2.45) is 0 Å². The molecule has 1 aromatic heterocycles. The van der Waals surface area contributed by atoms with Crippen molar-refractivity contribution in [1.82, 2.24) is 4.57 Å². The molecule has 116 valence electrons. The SMILES string of the molecule is Cc1c(O)cc(-c2ccc([N+](=O)[O-])cc2)n(C(C)(C)C)c1=O. The standard InChI is InChI=1S/C16H18N2O4/c1-10-14(19)9-13(17(15(10)20)16(2,3)4)11-5-7-12(8-6-11)18(21)22/h5-9,19H,1-4H3. The Morgan fingerprint density at radius 1 is 1.18 bits per heavy atom. The fraction of sp³-hybridized carbons (Fsp3) is 0.312. The van der Waals surface area contributed by atoms with Crippen LogP contribution in [-0.2, 0) is 5.54 Å². The number of benzene rings is 1. The molecule has 0 aliphatic carbocycles. The molecule has 0 amide bonds. The lowest BCUT2D eigenvalue weighted by atomic mass is 10.0. The zero-order chi connectivity index (χ0) is 16.7. The van der Waals surface area contributed by atoms with E-state index in [0.717, 1.165) is 0 Å². The van der Waals surface area contributed by atoms with E-state index in [9.17, 15) is 20.0 Å². The minimum atomic E-state index is -0.493. The van der Waals surface area contributed by atoms with Gasteiger partial charge in [0.15, 0.2) is 0 Å². The predicted molar refractivity (Wildman–Crippen MR) is 84.2 cm³/mol. The Hall–Kier alpha value is -2.63. The molecule has 1 aromatic carbocycles. The second-order valence-corrected chi connectivity index (χ2v) is 6.16. The van der Waals surface area contributed by atoms with Crippen molar-refractivity contribution in [1.29, 1.82) is 0 Å². The lowest BCUT2D eigenvalue weighted by Crippen LogP contribution is -2.36. The molecule has 0 saturated heterocycles. The van der Waals surface area contributed by atoms with Crippen LogP contribution in [0.5, 0.6) is 5.75 Å². The average Bonchev–Trinajstić information content (AvgIpc) is 2.43. The highest BCUT2D eigenvalue weighted by Crippen LogP contribution is 2.29. The summed E-state index contributed by atoms with van der Waals surface area (Å²) in [5, 5.41) is 20.7. The Kier molecular flexibility index (Phi) is 3.79. The van der Waals surface area contributed by atoms with Gasteiger partial charge < -0.3 is 9.67 Å². The number of non-ortho nitro benzene ring substituents is 1. The molecule has 2 rings (SSSR count). The number of nitro benzene ring substituents is 1. The van der Waals surface area contributed by atoms with E-state index in [1.165, 1.54) is 18.2 Å². The first-order chi connectivity index (χ1) is 10.1. The molecule has 0 aliphatic rings. The van der Waals surface area contributed by atoms with Gasteiger partial charge in [-0.2, -0.15) is 0 Å². The zero-order valence-corrected chi connectivity index (χ0v) is 13.0. The quantitative estimate of drug-likeness (QED) is 0.682. The molecule has 0 radical (unpaired) electrons. The van der Waals surface area contributed by atoms with Gasteiger partial charge in [-0.1, -0.05) is 0 Å². The van der Waals surface area contributed by atoms with E-state index in [2.05, 4.69) is 0 Å². The van der Waals surface area contributed by atoms with E-state index in [4.69, 9.17) is 0 Å². The molecule has 0 spiro atoms. The van der Waals surface area contributed by atoms with Gasteiger partial charge in [-0.3, -0.25) is 14.9 Å². The lowest BCUT2D eigenvalue weighted by Gasteiger charge is -2.27. The highest BCUT2D eigenvalue weighted by Gasteiger charge is 2.22. The maximum absolute atomic E-state index is 12.5. The maximum Gasteiger partial charge on any atom is 0.269 e. The predicted octanol–water partition coefficient (Wildman–Crippen LogP) is 3.19. The third-order valence-electron chi connectivity index (χ3n) is 3.47. The number of pyridine rings is 1. The molecule has 1 heterocycles. The fourth-order valence-corrected chi connectivity index (χ4v) is 2.32. The van der Waals surface area contributed by atoms with Crippen LogP contribution in [0.1, 0.15) is 26.3 Å². The highest BCUT2D eigenvalue weighted by atomic mass is 16.6. The first kappa shape index (κ1) is 15.8. The molecule has 6 heteroatoms. The summed E-state index contributed by atoms with van der Waals surface area (Å²) in [6, 6.07) is 7.42. The van der Waals surface area contributed by atoms with Crippen molar-refractivity contribution < 1.29 is 10.0 Å². The summed E-state index contributed by atoms with van der Waals surface area (Å²) in [6.07, 6.45) is 0. The van der Waals surface area contributed by atoms with Gasteiger partial charge in [0.05, 0.1) is 16.2 Å². The van der Waals surface area contributed by atoms with E-state index >= 15 is 0 Å². The lowest BCUT2D eigenvalue weighted by molar-refractivity contribution is -0.384. The fourth-order valence-electron chi connectivity index (χ4n) is 2.32. The van der Waals surface area contributed by atoms with Gasteiger partial charge in [-0.05, 0) is 45.4 Å². The molecule has 6 nitrogen and oxygen atoms in total. The summed E-state index contributed by atoms with van der Waals surface area (Å²) in [5.41, 5.74) is 0.640. The van der Waals surface area contributed by atoms with Crippen LogP contribution >= 0.6 is 0 Å². The number of hydrogen-bond donors (Lipinski definition) is 1. The summed E-state index contributed by atoms with van der Waals surface area (Å²) in [6.45, 7) is 7.23. The number of aromatic nitrogens is 1.